The lowest BCUT2D eigenvalue weighted by Crippen LogP contribution is -1.92. The molecule has 102 valence electrons. The van der Waals surface area contributed by atoms with Gasteiger partial charge in [-0.2, -0.15) is 5.10 Å². The molecule has 3 N–H and O–H groups in total. The summed E-state index contributed by atoms with van der Waals surface area (Å²) in [5, 5.41) is 6.67. The van der Waals surface area contributed by atoms with Gasteiger partial charge in [0.2, 0.25) is 0 Å². The molecule has 0 aliphatic rings. The van der Waals surface area contributed by atoms with Crippen molar-refractivity contribution in [2.45, 2.75) is 6.92 Å². The number of nitrogens with zero attached hydrogens (tertiary/aromatic N) is 1. The van der Waals surface area contributed by atoms with Crippen LogP contribution in [0, 0.1) is 18.6 Å². The normalized spacial score (nSPS) is 10.9. The fourth-order valence-electron chi connectivity index (χ4n) is 2.16. The van der Waals surface area contributed by atoms with Crippen molar-refractivity contribution in [1.29, 1.82) is 0 Å². The van der Waals surface area contributed by atoms with E-state index in [0.29, 0.717) is 17.0 Å². The SMILES string of the molecule is Cc1occc1-c1[nH]nc(N)c1-c1ccc(F)cc1F. The van der Waals surface area contributed by atoms with Crippen molar-refractivity contribution in [1.82, 2.24) is 10.2 Å². The molecule has 0 amide bonds. The van der Waals surface area contributed by atoms with Gasteiger partial charge in [0.1, 0.15) is 17.4 Å². The molecule has 2 aromatic heterocycles. The molecule has 0 spiro atoms. The predicted molar refractivity (Wildman–Crippen MR) is 70.8 cm³/mol. The number of furan rings is 1. The molecule has 0 bridgehead atoms. The van der Waals surface area contributed by atoms with E-state index in [1.807, 2.05) is 0 Å². The summed E-state index contributed by atoms with van der Waals surface area (Å²) in [6, 6.07) is 5.06. The summed E-state index contributed by atoms with van der Waals surface area (Å²) in [6.07, 6.45) is 1.52. The lowest BCUT2D eigenvalue weighted by atomic mass is 10.0. The van der Waals surface area contributed by atoms with Gasteiger partial charge in [-0.1, -0.05) is 0 Å². The predicted octanol–water partition coefficient (Wildman–Crippen LogP) is 3.51. The van der Waals surface area contributed by atoms with E-state index < -0.39 is 11.6 Å². The Morgan fingerprint density at radius 2 is 2.00 bits per heavy atom. The molecule has 3 aromatic rings. The van der Waals surface area contributed by atoms with Gasteiger partial charge in [0.15, 0.2) is 5.82 Å². The number of nitrogen functional groups attached to an aromatic ring is 1. The number of hydrogen-bond donors (Lipinski definition) is 2. The first-order valence-electron chi connectivity index (χ1n) is 5.91. The van der Waals surface area contributed by atoms with E-state index in [-0.39, 0.29) is 11.4 Å². The summed E-state index contributed by atoms with van der Waals surface area (Å²) < 4.78 is 32.2. The Morgan fingerprint density at radius 1 is 1.20 bits per heavy atom. The fraction of sp³-hybridized carbons (Fsp3) is 0.0714. The van der Waals surface area contributed by atoms with Gasteiger partial charge >= 0.3 is 0 Å². The summed E-state index contributed by atoms with van der Waals surface area (Å²) >= 11 is 0. The summed E-state index contributed by atoms with van der Waals surface area (Å²) in [5.74, 6) is -0.543. The lowest BCUT2D eigenvalue weighted by Gasteiger charge is -2.05. The number of benzene rings is 1. The van der Waals surface area contributed by atoms with Crippen LogP contribution in [-0.4, -0.2) is 10.2 Å². The maximum Gasteiger partial charge on any atom is 0.153 e. The number of rotatable bonds is 2. The van der Waals surface area contributed by atoms with Crippen LogP contribution in [0.15, 0.2) is 34.9 Å². The number of aromatic amines is 1. The number of nitrogens with one attached hydrogen (secondary N) is 1. The van der Waals surface area contributed by atoms with Gasteiger partial charge < -0.3 is 10.2 Å². The van der Waals surface area contributed by atoms with Gasteiger partial charge in [-0.25, -0.2) is 8.78 Å². The van der Waals surface area contributed by atoms with Crippen LogP contribution < -0.4 is 5.73 Å². The zero-order chi connectivity index (χ0) is 14.3. The zero-order valence-corrected chi connectivity index (χ0v) is 10.6. The van der Waals surface area contributed by atoms with Crippen LogP contribution >= 0.6 is 0 Å². The third kappa shape index (κ3) is 1.85. The quantitative estimate of drug-likeness (QED) is 0.752. The highest BCUT2D eigenvalue weighted by Gasteiger charge is 2.20. The Kier molecular flexibility index (Phi) is 2.78. The zero-order valence-electron chi connectivity index (χ0n) is 10.6. The summed E-state index contributed by atoms with van der Waals surface area (Å²) in [5.41, 5.74) is 7.66. The molecular weight excluding hydrogens is 264 g/mol. The average Bonchev–Trinajstić information content (AvgIpc) is 2.96. The molecular formula is C14H11F2N3O. The van der Waals surface area contributed by atoms with Gasteiger partial charge in [-0.15, -0.1) is 0 Å². The highest BCUT2D eigenvalue weighted by molar-refractivity contribution is 5.88. The smallest absolute Gasteiger partial charge is 0.153 e. The first-order valence-corrected chi connectivity index (χ1v) is 5.91. The Morgan fingerprint density at radius 3 is 2.65 bits per heavy atom. The third-order valence-corrected chi connectivity index (χ3v) is 3.12. The molecule has 0 aliphatic carbocycles. The van der Waals surface area contributed by atoms with E-state index in [0.717, 1.165) is 11.6 Å². The highest BCUT2D eigenvalue weighted by atomic mass is 19.1. The molecule has 4 nitrogen and oxygen atoms in total. The number of aromatic nitrogens is 2. The second kappa shape index (κ2) is 4.48. The Hall–Kier alpha value is -2.63. The summed E-state index contributed by atoms with van der Waals surface area (Å²) in [6.45, 7) is 1.77. The molecule has 3 rings (SSSR count). The highest BCUT2D eigenvalue weighted by Crippen LogP contribution is 2.37. The Labute approximate surface area is 113 Å². The largest absolute Gasteiger partial charge is 0.469 e. The molecule has 0 saturated carbocycles. The van der Waals surface area contributed by atoms with Gasteiger partial charge in [0.05, 0.1) is 17.5 Å². The van der Waals surface area contributed by atoms with E-state index in [1.165, 1.54) is 18.4 Å². The molecule has 1 aromatic carbocycles. The van der Waals surface area contributed by atoms with E-state index >= 15 is 0 Å². The Balaban J connectivity index is 2.24. The molecule has 0 aliphatic heterocycles. The van der Waals surface area contributed by atoms with Crippen LogP contribution in [0.1, 0.15) is 5.76 Å². The first-order chi connectivity index (χ1) is 9.58. The van der Waals surface area contributed by atoms with Crippen molar-refractivity contribution in [2.75, 3.05) is 5.73 Å². The molecule has 6 heteroatoms. The first kappa shape index (κ1) is 12.4. The van der Waals surface area contributed by atoms with Crippen LogP contribution in [0.25, 0.3) is 22.4 Å². The van der Waals surface area contributed by atoms with Gasteiger partial charge in [0.25, 0.3) is 0 Å². The van der Waals surface area contributed by atoms with Crippen LogP contribution in [-0.2, 0) is 0 Å². The van der Waals surface area contributed by atoms with Crippen molar-refractivity contribution in [2.24, 2.45) is 0 Å². The second-order valence-electron chi connectivity index (χ2n) is 4.37. The summed E-state index contributed by atoms with van der Waals surface area (Å²) in [4.78, 5) is 0. The van der Waals surface area contributed by atoms with Crippen molar-refractivity contribution in [3.63, 3.8) is 0 Å². The minimum absolute atomic E-state index is 0.145. The molecule has 2 heterocycles. The minimum atomic E-state index is -0.694. The van der Waals surface area contributed by atoms with Crippen molar-refractivity contribution >= 4 is 5.82 Å². The number of halogens is 2. The number of hydrogen-bond acceptors (Lipinski definition) is 3. The van der Waals surface area contributed by atoms with E-state index in [9.17, 15) is 8.78 Å². The van der Waals surface area contributed by atoms with Gasteiger partial charge in [-0.3, -0.25) is 5.10 Å². The standard InChI is InChI=1S/C14H11F2N3O/c1-7-9(4-5-20-7)13-12(14(17)19-18-13)10-3-2-8(15)6-11(10)16/h2-6H,1H3,(H3,17,18,19). The topological polar surface area (TPSA) is 67.8 Å². The van der Waals surface area contributed by atoms with Gasteiger partial charge in [-0.05, 0) is 25.1 Å². The van der Waals surface area contributed by atoms with Crippen LogP contribution in [0.5, 0.6) is 0 Å². The molecule has 0 atom stereocenters. The van der Waals surface area contributed by atoms with E-state index in [1.54, 1.807) is 13.0 Å². The Bertz CT molecular complexity index is 777. The minimum Gasteiger partial charge on any atom is -0.469 e. The third-order valence-electron chi connectivity index (χ3n) is 3.12. The molecule has 0 fully saturated rings. The van der Waals surface area contributed by atoms with Crippen LogP contribution in [0.4, 0.5) is 14.6 Å². The number of H-pyrrole nitrogens is 1. The van der Waals surface area contributed by atoms with E-state index in [4.69, 9.17) is 10.2 Å². The number of aryl methyl sites for hydroxylation is 1. The molecule has 0 saturated heterocycles. The molecule has 20 heavy (non-hydrogen) atoms. The van der Waals surface area contributed by atoms with Gasteiger partial charge in [0, 0.05) is 17.2 Å². The number of nitrogens with two attached hydrogens (primary N) is 1. The summed E-state index contributed by atoms with van der Waals surface area (Å²) in [7, 11) is 0. The average molecular weight is 275 g/mol. The maximum absolute atomic E-state index is 14.0. The van der Waals surface area contributed by atoms with Crippen LogP contribution in [0.3, 0.4) is 0 Å². The van der Waals surface area contributed by atoms with Crippen LogP contribution in [0.2, 0.25) is 0 Å². The molecule has 0 radical (unpaired) electrons. The number of anilines is 1. The van der Waals surface area contributed by atoms with Crippen molar-refractivity contribution in [3.05, 3.63) is 47.9 Å². The lowest BCUT2D eigenvalue weighted by molar-refractivity contribution is 0.535. The van der Waals surface area contributed by atoms with Crippen molar-refractivity contribution in [3.8, 4) is 22.4 Å². The second-order valence-corrected chi connectivity index (χ2v) is 4.37. The monoisotopic (exact) mass is 275 g/mol. The van der Waals surface area contributed by atoms with E-state index in [2.05, 4.69) is 10.2 Å². The van der Waals surface area contributed by atoms with Crippen molar-refractivity contribution < 1.29 is 13.2 Å². The maximum atomic E-state index is 14.0. The fourth-order valence-corrected chi connectivity index (χ4v) is 2.16. The molecule has 0 unspecified atom stereocenters.